The molecule has 0 unspecified atom stereocenters. The fourth-order valence-corrected chi connectivity index (χ4v) is 4.38. The van der Waals surface area contributed by atoms with Crippen LogP contribution in [0.25, 0.3) is 6.08 Å². The monoisotopic (exact) mass is 521 g/mol. The minimum atomic E-state index is -0.483. The summed E-state index contributed by atoms with van der Waals surface area (Å²) in [5, 5.41) is 11.1. The molecule has 0 aliphatic carbocycles. The first kappa shape index (κ1) is 30.7. The molecule has 0 aromatic heterocycles. The lowest BCUT2D eigenvalue weighted by Crippen LogP contribution is -2.58. The summed E-state index contributed by atoms with van der Waals surface area (Å²) in [5.74, 6) is 0.399. The molecule has 2 heterocycles. The molecule has 37 heavy (non-hydrogen) atoms. The number of nitro groups is 1. The molecule has 1 aromatic rings. The van der Waals surface area contributed by atoms with Crippen molar-refractivity contribution in [2.24, 2.45) is 0 Å². The molecule has 2 atom stereocenters. The van der Waals surface area contributed by atoms with E-state index in [2.05, 4.69) is 30.2 Å². The Balaban J connectivity index is 0.000000700. The summed E-state index contributed by atoms with van der Waals surface area (Å²) in [6, 6.07) is 3.61. The van der Waals surface area contributed by atoms with Crippen LogP contribution in [0.3, 0.4) is 0 Å². The quantitative estimate of drug-likeness (QED) is 0.288. The van der Waals surface area contributed by atoms with Crippen molar-refractivity contribution >= 4 is 17.7 Å². The molecule has 0 amide bonds. The van der Waals surface area contributed by atoms with Gasteiger partial charge in [-0.3, -0.25) is 24.7 Å². The minimum Gasteiger partial charge on any atom is -0.492 e. The normalized spacial score (nSPS) is 20.9. The smallest absolute Gasteiger partial charge is 0.320 e. The van der Waals surface area contributed by atoms with Crippen molar-refractivity contribution < 1.29 is 28.7 Å². The summed E-state index contributed by atoms with van der Waals surface area (Å²) < 4.78 is 21.3. The molecule has 0 saturated carbocycles. The topological polar surface area (TPSA) is 104 Å². The largest absolute Gasteiger partial charge is 0.492 e. The van der Waals surface area contributed by atoms with Gasteiger partial charge >= 0.3 is 5.97 Å². The Morgan fingerprint density at radius 2 is 1.73 bits per heavy atom. The lowest BCUT2D eigenvalue weighted by atomic mass is 10.1. The zero-order chi connectivity index (χ0) is 27.6. The number of piperazine rings is 1. The number of carbonyl (C=O) groups is 1. The minimum absolute atomic E-state index is 0.0611. The number of nitro benzene ring substituents is 1. The Morgan fingerprint density at radius 3 is 2.19 bits per heavy atom. The van der Waals surface area contributed by atoms with Gasteiger partial charge in [-0.25, -0.2) is 0 Å². The summed E-state index contributed by atoms with van der Waals surface area (Å²) in [6.45, 7) is 21.5. The second-order valence-electron chi connectivity index (χ2n) is 10.4. The first-order valence-electron chi connectivity index (χ1n) is 12.8. The summed E-state index contributed by atoms with van der Waals surface area (Å²) in [6.07, 6.45) is 1.57. The van der Waals surface area contributed by atoms with Gasteiger partial charge in [-0.05, 0) is 47.6 Å². The average molecular weight is 522 g/mol. The Kier molecular flexibility index (Phi) is 12.0. The van der Waals surface area contributed by atoms with E-state index in [9.17, 15) is 14.9 Å². The Labute approximate surface area is 220 Å². The summed E-state index contributed by atoms with van der Waals surface area (Å²) >= 11 is 0. The van der Waals surface area contributed by atoms with E-state index in [-0.39, 0.29) is 30.3 Å². The van der Waals surface area contributed by atoms with Gasteiger partial charge in [0, 0.05) is 48.9 Å². The molecule has 2 saturated heterocycles. The molecular weight excluding hydrogens is 478 g/mol. The van der Waals surface area contributed by atoms with E-state index in [1.165, 1.54) is 6.07 Å². The van der Waals surface area contributed by atoms with Gasteiger partial charge in [-0.15, -0.1) is 0 Å². The van der Waals surface area contributed by atoms with Crippen molar-refractivity contribution in [3.63, 3.8) is 0 Å². The van der Waals surface area contributed by atoms with E-state index in [0.717, 1.165) is 46.1 Å². The van der Waals surface area contributed by atoms with Gasteiger partial charge in [0.15, 0.2) is 0 Å². The lowest BCUT2D eigenvalue weighted by Gasteiger charge is -2.44. The summed E-state index contributed by atoms with van der Waals surface area (Å²) in [7, 11) is 0. The molecule has 2 aliphatic rings. The van der Waals surface area contributed by atoms with E-state index in [1.807, 2.05) is 20.8 Å². The number of hydrogen-bond donors (Lipinski definition) is 0. The van der Waals surface area contributed by atoms with Crippen molar-refractivity contribution in [2.75, 3.05) is 59.2 Å². The molecule has 2 aliphatic heterocycles. The summed E-state index contributed by atoms with van der Waals surface area (Å²) in [4.78, 5) is 27.5. The predicted molar refractivity (Wildman–Crippen MR) is 143 cm³/mol. The van der Waals surface area contributed by atoms with Crippen molar-refractivity contribution in [1.82, 2.24) is 9.80 Å². The van der Waals surface area contributed by atoms with Gasteiger partial charge in [0.2, 0.25) is 0 Å². The van der Waals surface area contributed by atoms with Crippen molar-refractivity contribution in [2.45, 2.75) is 59.2 Å². The standard InChI is InChI=1S/C23H35N3O5.C4H8O2/c1-8-19-12-20(26(28)29)16(2)11-21(19)30-10-9-24-13-17(3)25(18(4)14-24)15-22(27)31-23(5,6)7;1-2-6-4-3-5-1/h8,11-12,17-18H,1,9-10,13-15H2,2-7H3;1-4H2/t17-,18+;. The molecule has 3 rings (SSSR count). The molecule has 10 heteroatoms. The van der Waals surface area contributed by atoms with Crippen LogP contribution in [0.2, 0.25) is 0 Å². The summed E-state index contributed by atoms with van der Waals surface area (Å²) in [5.41, 5.74) is 0.749. The van der Waals surface area contributed by atoms with Crippen LogP contribution in [0.5, 0.6) is 5.75 Å². The van der Waals surface area contributed by atoms with Gasteiger partial charge in [0.05, 0.1) is 37.9 Å². The molecule has 2 fully saturated rings. The van der Waals surface area contributed by atoms with Crippen LogP contribution in [0.15, 0.2) is 18.7 Å². The molecule has 10 nitrogen and oxygen atoms in total. The Hall–Kier alpha value is -2.53. The van der Waals surface area contributed by atoms with Gasteiger partial charge in [0.25, 0.3) is 5.69 Å². The third kappa shape index (κ3) is 10.4. The van der Waals surface area contributed by atoms with E-state index in [1.54, 1.807) is 19.1 Å². The number of nitrogens with zero attached hydrogens (tertiary/aromatic N) is 3. The first-order chi connectivity index (χ1) is 17.4. The van der Waals surface area contributed by atoms with Crippen LogP contribution >= 0.6 is 0 Å². The number of esters is 1. The maximum absolute atomic E-state index is 12.2. The van der Waals surface area contributed by atoms with Crippen molar-refractivity contribution in [3.05, 3.63) is 40.0 Å². The molecule has 0 spiro atoms. The van der Waals surface area contributed by atoms with Crippen LogP contribution in [0, 0.1) is 17.0 Å². The molecular formula is C27H43N3O7. The lowest BCUT2D eigenvalue weighted by molar-refractivity contribution is -0.385. The molecule has 208 valence electrons. The van der Waals surface area contributed by atoms with Gasteiger partial charge in [0.1, 0.15) is 18.0 Å². The number of hydrogen-bond acceptors (Lipinski definition) is 9. The Morgan fingerprint density at radius 1 is 1.16 bits per heavy atom. The maximum Gasteiger partial charge on any atom is 0.320 e. The molecule has 0 radical (unpaired) electrons. The SMILES string of the molecule is C1COCCO1.C=Cc1cc([N+](=O)[O-])c(C)cc1OCCN1C[C@@H](C)N(CC(=O)OC(C)(C)C)[C@@H](C)C1. The van der Waals surface area contributed by atoms with E-state index < -0.39 is 10.5 Å². The fraction of sp³-hybridized carbons (Fsp3) is 0.667. The highest BCUT2D eigenvalue weighted by Gasteiger charge is 2.32. The van der Waals surface area contributed by atoms with E-state index in [0.29, 0.717) is 23.5 Å². The number of rotatable bonds is 8. The van der Waals surface area contributed by atoms with Gasteiger partial charge < -0.3 is 18.9 Å². The fourth-order valence-electron chi connectivity index (χ4n) is 4.38. The zero-order valence-electron chi connectivity index (χ0n) is 23.2. The number of ether oxygens (including phenoxy) is 4. The van der Waals surface area contributed by atoms with E-state index >= 15 is 0 Å². The Bertz CT molecular complexity index is 888. The van der Waals surface area contributed by atoms with E-state index in [4.69, 9.17) is 18.9 Å². The number of aryl methyl sites for hydroxylation is 1. The highest BCUT2D eigenvalue weighted by atomic mass is 16.6. The van der Waals surface area contributed by atoms with Gasteiger partial charge in [-0.1, -0.05) is 12.7 Å². The van der Waals surface area contributed by atoms with Crippen LogP contribution in [0.4, 0.5) is 5.69 Å². The van der Waals surface area contributed by atoms with Crippen molar-refractivity contribution in [3.8, 4) is 5.75 Å². The third-order valence-electron chi connectivity index (χ3n) is 6.06. The predicted octanol–water partition coefficient (Wildman–Crippen LogP) is 3.69. The van der Waals surface area contributed by atoms with Crippen LogP contribution < -0.4 is 4.74 Å². The number of benzene rings is 1. The van der Waals surface area contributed by atoms with Crippen LogP contribution in [-0.2, 0) is 19.0 Å². The number of carbonyl (C=O) groups excluding carboxylic acids is 1. The third-order valence-corrected chi connectivity index (χ3v) is 6.06. The van der Waals surface area contributed by atoms with Crippen LogP contribution in [0.1, 0.15) is 45.7 Å². The second-order valence-corrected chi connectivity index (χ2v) is 10.4. The second kappa shape index (κ2) is 14.4. The van der Waals surface area contributed by atoms with Crippen LogP contribution in [-0.4, -0.2) is 97.6 Å². The zero-order valence-corrected chi connectivity index (χ0v) is 23.2. The van der Waals surface area contributed by atoms with Gasteiger partial charge in [-0.2, -0.15) is 0 Å². The highest BCUT2D eigenvalue weighted by molar-refractivity contribution is 5.72. The molecule has 1 aromatic carbocycles. The van der Waals surface area contributed by atoms with Crippen molar-refractivity contribution in [1.29, 1.82) is 0 Å². The molecule has 0 N–H and O–H groups in total. The first-order valence-corrected chi connectivity index (χ1v) is 12.8. The average Bonchev–Trinajstić information content (AvgIpc) is 2.82. The maximum atomic E-state index is 12.2. The molecule has 0 bridgehead atoms. The highest BCUT2D eigenvalue weighted by Crippen LogP contribution is 2.29.